The zero-order valence-corrected chi connectivity index (χ0v) is 17.2. The summed E-state index contributed by atoms with van der Waals surface area (Å²) in [5.41, 5.74) is 8.55. The molecule has 1 aromatic heterocycles. The lowest BCUT2D eigenvalue weighted by Gasteiger charge is -2.12. The number of nitrogens with one attached hydrogen (secondary N) is 2. The van der Waals surface area contributed by atoms with Crippen LogP contribution in [-0.4, -0.2) is 47.9 Å². The van der Waals surface area contributed by atoms with Crippen molar-refractivity contribution < 1.29 is 14.3 Å². The number of nitrogen functional groups attached to an aromatic ring is 1. The van der Waals surface area contributed by atoms with E-state index in [1.807, 2.05) is 19.1 Å². The van der Waals surface area contributed by atoms with E-state index in [2.05, 4.69) is 20.6 Å². The number of hydrogen-bond acceptors (Lipinski definition) is 7. The van der Waals surface area contributed by atoms with E-state index < -0.39 is 11.9 Å². The number of carbonyl (C=O) groups is 2. The zero-order valence-electron chi connectivity index (χ0n) is 15.6. The Morgan fingerprint density at radius 3 is 2.61 bits per heavy atom. The summed E-state index contributed by atoms with van der Waals surface area (Å²) in [6, 6.07) is 6.70. The minimum absolute atomic E-state index is 0.0133. The molecular weight excluding hydrogens is 402 g/mol. The van der Waals surface area contributed by atoms with Crippen molar-refractivity contribution in [2.24, 2.45) is 0 Å². The van der Waals surface area contributed by atoms with Crippen LogP contribution in [0.4, 0.5) is 10.6 Å². The normalized spacial score (nSPS) is 10.5. The average molecular weight is 424 g/mol. The van der Waals surface area contributed by atoms with Gasteiger partial charge in [0.1, 0.15) is 5.82 Å². The van der Waals surface area contributed by atoms with Crippen LogP contribution in [-0.2, 0) is 16.0 Å². The first-order chi connectivity index (χ1) is 13.4. The number of ether oxygens (including phenoxy) is 1. The summed E-state index contributed by atoms with van der Waals surface area (Å²) in [5.74, 6) is -0.142. The Kier molecular flexibility index (Phi) is 8.49. The molecule has 0 spiro atoms. The molecule has 0 saturated carbocycles. The summed E-state index contributed by atoms with van der Waals surface area (Å²) < 4.78 is 4.82. The second-order valence-corrected chi connectivity index (χ2v) is 7.04. The fraction of sp³-hybridized carbons (Fsp3) is 0.333. The number of aryl methyl sites for hydroxylation is 1. The number of amides is 3. The van der Waals surface area contributed by atoms with E-state index in [0.717, 1.165) is 28.6 Å². The van der Waals surface area contributed by atoms with Gasteiger partial charge in [-0.2, -0.15) is 0 Å². The van der Waals surface area contributed by atoms with Gasteiger partial charge in [-0.05, 0) is 24.1 Å². The molecule has 0 aliphatic rings. The summed E-state index contributed by atoms with van der Waals surface area (Å²) in [4.78, 5) is 32.2. The number of rotatable bonds is 8. The largest absolute Gasteiger partial charge is 0.383 e. The second-order valence-electron chi connectivity index (χ2n) is 5.66. The first kappa shape index (κ1) is 21.9. The van der Waals surface area contributed by atoms with Crippen molar-refractivity contribution in [2.45, 2.75) is 18.5 Å². The van der Waals surface area contributed by atoms with E-state index in [-0.39, 0.29) is 5.75 Å². The molecule has 0 atom stereocenters. The number of aromatic nitrogens is 2. The fourth-order valence-corrected chi connectivity index (χ4v) is 3.15. The van der Waals surface area contributed by atoms with Crippen LogP contribution in [0.5, 0.6) is 0 Å². The fourth-order valence-electron chi connectivity index (χ4n) is 2.36. The second kappa shape index (κ2) is 10.8. The minimum Gasteiger partial charge on any atom is -0.383 e. The molecule has 2 aromatic rings. The van der Waals surface area contributed by atoms with Gasteiger partial charge in [0, 0.05) is 24.2 Å². The molecule has 0 unspecified atom stereocenters. The molecule has 0 aliphatic carbocycles. The van der Waals surface area contributed by atoms with Gasteiger partial charge in [-0.1, -0.05) is 42.4 Å². The van der Waals surface area contributed by atoms with Crippen molar-refractivity contribution in [3.63, 3.8) is 0 Å². The predicted octanol–water partition coefficient (Wildman–Crippen LogP) is 2.51. The van der Waals surface area contributed by atoms with E-state index in [1.165, 1.54) is 7.11 Å². The van der Waals surface area contributed by atoms with Crippen LogP contribution in [0.3, 0.4) is 0 Å². The highest BCUT2D eigenvalue weighted by atomic mass is 35.5. The van der Waals surface area contributed by atoms with Gasteiger partial charge in [-0.25, -0.2) is 14.8 Å². The van der Waals surface area contributed by atoms with Crippen LogP contribution in [0, 0.1) is 0 Å². The van der Waals surface area contributed by atoms with Crippen molar-refractivity contribution in [2.75, 3.05) is 31.7 Å². The van der Waals surface area contributed by atoms with Crippen LogP contribution in [0.1, 0.15) is 12.6 Å². The lowest BCUT2D eigenvalue weighted by Crippen LogP contribution is -2.41. The molecule has 0 bridgehead atoms. The number of anilines is 1. The Hall–Kier alpha value is -2.36. The Bertz CT molecular complexity index is 833. The van der Waals surface area contributed by atoms with Crippen molar-refractivity contribution in [1.82, 2.24) is 20.6 Å². The SMILES string of the molecule is CCc1nc(SCC(=O)NC(=O)NCCOC)nc(N)c1-c1ccc(Cl)cc1. The third-order valence-electron chi connectivity index (χ3n) is 3.64. The summed E-state index contributed by atoms with van der Waals surface area (Å²) in [7, 11) is 1.52. The number of methoxy groups -OCH3 is 1. The van der Waals surface area contributed by atoms with Crippen molar-refractivity contribution in [3.8, 4) is 11.1 Å². The summed E-state index contributed by atoms with van der Waals surface area (Å²) in [5, 5.41) is 5.74. The molecule has 1 aromatic carbocycles. The number of halogens is 1. The van der Waals surface area contributed by atoms with Crippen molar-refractivity contribution in [1.29, 1.82) is 0 Å². The summed E-state index contributed by atoms with van der Waals surface area (Å²) in [6.07, 6.45) is 0.645. The van der Waals surface area contributed by atoms with Crippen LogP contribution < -0.4 is 16.4 Å². The molecule has 8 nitrogen and oxygen atoms in total. The first-order valence-corrected chi connectivity index (χ1v) is 9.92. The number of nitrogens with two attached hydrogens (primary N) is 1. The van der Waals surface area contributed by atoms with Gasteiger partial charge in [0.25, 0.3) is 0 Å². The highest BCUT2D eigenvalue weighted by molar-refractivity contribution is 7.99. The molecule has 150 valence electrons. The maximum Gasteiger partial charge on any atom is 0.321 e. The van der Waals surface area contributed by atoms with Gasteiger partial charge in [0.05, 0.1) is 18.1 Å². The van der Waals surface area contributed by atoms with Gasteiger partial charge < -0.3 is 15.8 Å². The first-order valence-electron chi connectivity index (χ1n) is 8.56. The number of benzene rings is 1. The summed E-state index contributed by atoms with van der Waals surface area (Å²) >= 11 is 7.05. The van der Waals surface area contributed by atoms with Gasteiger partial charge >= 0.3 is 6.03 Å². The van der Waals surface area contributed by atoms with Crippen LogP contribution >= 0.6 is 23.4 Å². The number of thioether (sulfide) groups is 1. The quantitative estimate of drug-likeness (QED) is 0.339. The monoisotopic (exact) mass is 423 g/mol. The molecule has 3 amide bonds. The molecule has 4 N–H and O–H groups in total. The maximum absolute atomic E-state index is 11.9. The Morgan fingerprint density at radius 1 is 1.25 bits per heavy atom. The number of carbonyl (C=O) groups excluding carboxylic acids is 2. The molecule has 1 heterocycles. The Balaban J connectivity index is 2.03. The lowest BCUT2D eigenvalue weighted by molar-refractivity contribution is -0.117. The van der Waals surface area contributed by atoms with Crippen molar-refractivity contribution in [3.05, 3.63) is 35.0 Å². The Morgan fingerprint density at radius 2 is 1.96 bits per heavy atom. The number of imide groups is 1. The summed E-state index contributed by atoms with van der Waals surface area (Å²) in [6.45, 7) is 2.64. The average Bonchev–Trinajstić information content (AvgIpc) is 2.67. The smallest absolute Gasteiger partial charge is 0.321 e. The zero-order chi connectivity index (χ0) is 20.5. The highest BCUT2D eigenvalue weighted by Crippen LogP contribution is 2.30. The molecule has 28 heavy (non-hydrogen) atoms. The maximum atomic E-state index is 11.9. The molecule has 0 fully saturated rings. The van der Waals surface area contributed by atoms with E-state index in [4.69, 9.17) is 22.1 Å². The molecule has 10 heteroatoms. The van der Waals surface area contributed by atoms with Crippen molar-refractivity contribution >= 4 is 41.1 Å². The molecule has 0 radical (unpaired) electrons. The standard InChI is InChI=1S/C18H22ClN5O3S/c1-3-13-15(11-4-6-12(19)7-5-11)16(20)24-18(22-13)28-10-14(25)23-17(26)21-8-9-27-2/h4-7H,3,8-10H2,1-2H3,(H2,20,22,24)(H2,21,23,25,26). The third kappa shape index (κ3) is 6.36. The van der Waals surface area contributed by atoms with Crippen LogP contribution in [0.15, 0.2) is 29.4 Å². The molecule has 2 rings (SSSR count). The third-order valence-corrected chi connectivity index (χ3v) is 4.74. The van der Waals surface area contributed by atoms with Crippen LogP contribution in [0.25, 0.3) is 11.1 Å². The van der Waals surface area contributed by atoms with E-state index >= 15 is 0 Å². The molecular formula is C18H22ClN5O3S. The Labute approximate surface area is 172 Å². The van der Waals surface area contributed by atoms with Gasteiger partial charge in [-0.3, -0.25) is 10.1 Å². The number of hydrogen-bond donors (Lipinski definition) is 3. The number of urea groups is 1. The minimum atomic E-state index is -0.574. The number of nitrogens with zero attached hydrogens (tertiary/aromatic N) is 2. The van der Waals surface area contributed by atoms with E-state index in [9.17, 15) is 9.59 Å². The van der Waals surface area contributed by atoms with Crippen LogP contribution in [0.2, 0.25) is 5.02 Å². The lowest BCUT2D eigenvalue weighted by atomic mass is 10.0. The highest BCUT2D eigenvalue weighted by Gasteiger charge is 2.15. The van der Waals surface area contributed by atoms with E-state index in [0.29, 0.717) is 35.6 Å². The molecule has 0 saturated heterocycles. The van der Waals surface area contributed by atoms with Gasteiger partial charge in [-0.15, -0.1) is 0 Å². The topological polar surface area (TPSA) is 119 Å². The molecule has 0 aliphatic heterocycles. The van der Waals surface area contributed by atoms with Gasteiger partial charge in [0.2, 0.25) is 5.91 Å². The predicted molar refractivity (Wildman–Crippen MR) is 110 cm³/mol. The van der Waals surface area contributed by atoms with Gasteiger partial charge in [0.15, 0.2) is 5.16 Å². The van der Waals surface area contributed by atoms with E-state index in [1.54, 1.807) is 12.1 Å².